The molecule has 1 unspecified atom stereocenters. The van der Waals surface area contributed by atoms with Crippen molar-refractivity contribution >= 4 is 33.0 Å². The van der Waals surface area contributed by atoms with Crippen molar-refractivity contribution in [3.63, 3.8) is 0 Å². The maximum absolute atomic E-state index is 12.9. The van der Waals surface area contributed by atoms with Crippen LogP contribution in [0.3, 0.4) is 0 Å². The molecule has 0 radical (unpaired) electrons. The number of hydrogen-bond acceptors (Lipinski definition) is 5. The molecule has 1 aromatic heterocycles. The minimum absolute atomic E-state index is 0.225. The Hall–Kier alpha value is -1.90. The van der Waals surface area contributed by atoms with Gasteiger partial charge in [-0.3, -0.25) is 0 Å². The lowest BCUT2D eigenvalue weighted by molar-refractivity contribution is 0.0789. The predicted octanol–water partition coefficient (Wildman–Crippen LogP) is 4.95. The van der Waals surface area contributed by atoms with Crippen LogP contribution in [0.5, 0.6) is 0 Å². The van der Waals surface area contributed by atoms with Gasteiger partial charge in [-0.2, -0.15) is 0 Å². The molecule has 4 N–H and O–H groups in total. The number of rotatable bonds is 6. The Morgan fingerprint density at radius 2 is 2.07 bits per heavy atom. The Balaban J connectivity index is 1.53. The lowest BCUT2D eigenvalue weighted by atomic mass is 9.80. The molecule has 1 heterocycles. The summed E-state index contributed by atoms with van der Waals surface area (Å²) in [6.45, 7) is 3.26. The molecule has 1 saturated carbocycles. The van der Waals surface area contributed by atoms with Gasteiger partial charge in [-0.1, -0.05) is 31.4 Å². The summed E-state index contributed by atoms with van der Waals surface area (Å²) in [7, 11) is -3.52. The van der Waals surface area contributed by atoms with Crippen LogP contribution in [0.15, 0.2) is 27.8 Å². The van der Waals surface area contributed by atoms with Crippen molar-refractivity contribution in [2.45, 2.75) is 68.6 Å². The summed E-state index contributed by atoms with van der Waals surface area (Å²) in [6.07, 6.45) is 7.68. The minimum atomic E-state index is -3.52. The van der Waals surface area contributed by atoms with Crippen LogP contribution in [-0.4, -0.2) is 15.3 Å². The molecule has 0 bridgehead atoms. The van der Waals surface area contributed by atoms with Gasteiger partial charge in [0.2, 0.25) is 0 Å². The van der Waals surface area contributed by atoms with Crippen LogP contribution >= 0.6 is 11.3 Å². The number of carbonyl (C=O) groups is 1. The fourth-order valence-corrected chi connectivity index (χ4v) is 6.47. The van der Waals surface area contributed by atoms with E-state index in [0.29, 0.717) is 11.5 Å². The van der Waals surface area contributed by atoms with Crippen molar-refractivity contribution in [1.82, 2.24) is 4.72 Å². The van der Waals surface area contributed by atoms with Crippen LogP contribution in [0.25, 0.3) is 0 Å². The molecule has 2 amide bonds. The highest BCUT2D eigenvalue weighted by Gasteiger charge is 2.26. The Labute approximate surface area is 182 Å². The lowest BCUT2D eigenvalue weighted by Crippen LogP contribution is -2.34. The van der Waals surface area contributed by atoms with Crippen molar-refractivity contribution in [1.29, 1.82) is 4.78 Å². The monoisotopic (exact) mass is 447 g/mol. The number of benzene rings is 1. The molecular weight excluding hydrogens is 418 g/mol. The van der Waals surface area contributed by atoms with Crippen LogP contribution in [0.1, 0.15) is 61.8 Å². The van der Waals surface area contributed by atoms with E-state index in [1.54, 1.807) is 19.2 Å². The number of nitrogens with one attached hydrogen (secondary N) is 3. The first-order valence-electron chi connectivity index (χ1n) is 10.5. The first-order valence-corrected chi connectivity index (χ1v) is 12.9. The van der Waals surface area contributed by atoms with Gasteiger partial charge in [0.05, 0.1) is 5.60 Å². The molecule has 1 atom stereocenters. The fourth-order valence-electron chi connectivity index (χ4n) is 4.16. The van der Waals surface area contributed by atoms with E-state index in [1.807, 2.05) is 0 Å². The molecule has 8 heteroatoms. The smallest absolute Gasteiger partial charge is 0.331 e. The molecule has 4 rings (SSSR count). The zero-order valence-corrected chi connectivity index (χ0v) is 19.0. The normalized spacial score (nSPS) is 18.4. The quantitative estimate of drug-likeness (QED) is 0.504. The van der Waals surface area contributed by atoms with E-state index in [9.17, 15) is 14.1 Å². The molecule has 1 aromatic carbocycles. The van der Waals surface area contributed by atoms with Crippen LogP contribution in [0, 0.1) is 10.7 Å². The highest BCUT2D eigenvalue weighted by atomic mass is 32.2. The van der Waals surface area contributed by atoms with E-state index in [1.165, 1.54) is 36.5 Å². The zero-order chi connectivity index (χ0) is 21.5. The second-order valence-electron chi connectivity index (χ2n) is 8.92. The summed E-state index contributed by atoms with van der Waals surface area (Å²) in [4.78, 5) is 12.8. The molecule has 6 nitrogen and oxygen atoms in total. The van der Waals surface area contributed by atoms with Gasteiger partial charge in [-0.15, -0.1) is 11.3 Å². The summed E-state index contributed by atoms with van der Waals surface area (Å²) >= 11 is 1.11. The number of anilines is 1. The minimum Gasteiger partial charge on any atom is -0.386 e. The van der Waals surface area contributed by atoms with E-state index in [4.69, 9.17) is 4.78 Å². The predicted molar refractivity (Wildman–Crippen MR) is 120 cm³/mol. The highest BCUT2D eigenvalue weighted by molar-refractivity contribution is 7.93. The van der Waals surface area contributed by atoms with Gasteiger partial charge < -0.3 is 10.4 Å². The van der Waals surface area contributed by atoms with Crippen LogP contribution in [0.2, 0.25) is 0 Å². The fraction of sp³-hybridized carbons (Fsp3) is 0.500. The number of thiophene rings is 1. The van der Waals surface area contributed by atoms with Crippen LogP contribution < -0.4 is 10.0 Å². The van der Waals surface area contributed by atoms with Crippen molar-refractivity contribution in [3.8, 4) is 0 Å². The number of aryl methyl sites for hydroxylation is 1. The lowest BCUT2D eigenvalue weighted by Gasteiger charge is -2.27. The summed E-state index contributed by atoms with van der Waals surface area (Å²) in [5.41, 5.74) is 3.91. The van der Waals surface area contributed by atoms with Gasteiger partial charge in [0.1, 0.15) is 4.21 Å². The van der Waals surface area contributed by atoms with Crippen LogP contribution in [-0.2, 0) is 34.8 Å². The average molecular weight is 448 g/mol. The van der Waals surface area contributed by atoms with E-state index in [-0.39, 0.29) is 4.21 Å². The Bertz CT molecular complexity index is 1060. The third kappa shape index (κ3) is 4.40. The highest BCUT2D eigenvalue weighted by Crippen LogP contribution is 2.37. The SMILES string of the molecule is CC(C)(O)c1csc(S(=N)(=O)NC(=O)Nc2c(CC3CCC3)ccc3c2CCC3)c1. The molecule has 30 heavy (non-hydrogen) atoms. The third-order valence-electron chi connectivity index (χ3n) is 6.14. The standard InChI is InChI=1S/C22H29N3O3S2/c1-22(2,27)17-12-19(29-13-17)30(23,28)25-21(26)24-20-16(11-14-5-3-6-14)10-9-15-7-4-8-18(15)20/h9-10,12-14,27H,3-8,11H2,1-2H3,(H3,23,24,25,26,28). The second-order valence-corrected chi connectivity index (χ2v) is 11.8. The maximum Gasteiger partial charge on any atom is 0.331 e. The first-order chi connectivity index (χ1) is 14.1. The summed E-state index contributed by atoms with van der Waals surface area (Å²) in [5, 5.41) is 14.7. The molecule has 0 aliphatic heterocycles. The van der Waals surface area contributed by atoms with Gasteiger partial charge in [-0.05, 0) is 79.1 Å². The van der Waals surface area contributed by atoms with Crippen LogP contribution in [0.4, 0.5) is 10.5 Å². The number of carbonyl (C=O) groups excluding carboxylic acids is 1. The van der Waals surface area contributed by atoms with Gasteiger partial charge in [0, 0.05) is 5.69 Å². The number of amides is 2. The topological polar surface area (TPSA) is 102 Å². The molecule has 0 spiro atoms. The molecular formula is C22H29N3O3S2. The first kappa shape index (κ1) is 21.3. The van der Waals surface area contributed by atoms with Gasteiger partial charge >= 0.3 is 6.03 Å². The second kappa shape index (κ2) is 7.98. The van der Waals surface area contributed by atoms with Crippen molar-refractivity contribution < 1.29 is 14.1 Å². The van der Waals surface area contributed by atoms with E-state index >= 15 is 0 Å². The molecule has 2 aromatic rings. The third-order valence-corrected chi connectivity index (χ3v) is 9.01. The zero-order valence-electron chi connectivity index (χ0n) is 17.4. The van der Waals surface area contributed by atoms with Gasteiger partial charge in [0.25, 0.3) is 0 Å². The molecule has 1 fully saturated rings. The van der Waals surface area contributed by atoms with E-state index < -0.39 is 21.5 Å². The van der Waals surface area contributed by atoms with Gasteiger partial charge in [0.15, 0.2) is 9.92 Å². The Kier molecular flexibility index (Phi) is 5.67. The Morgan fingerprint density at radius 3 is 2.70 bits per heavy atom. The summed E-state index contributed by atoms with van der Waals surface area (Å²) in [5.74, 6) is 0.667. The van der Waals surface area contributed by atoms with Gasteiger partial charge in [-0.25, -0.2) is 18.5 Å². The molecule has 2 aliphatic carbocycles. The Morgan fingerprint density at radius 1 is 1.30 bits per heavy atom. The van der Waals surface area contributed by atoms with E-state index in [2.05, 4.69) is 22.2 Å². The van der Waals surface area contributed by atoms with Crippen molar-refractivity contribution in [2.75, 3.05) is 5.32 Å². The maximum atomic E-state index is 12.9. The summed E-state index contributed by atoms with van der Waals surface area (Å²) < 4.78 is 23.7. The number of fused-ring (bicyclic) bond motifs is 1. The summed E-state index contributed by atoms with van der Waals surface area (Å²) in [6, 6.07) is 5.20. The van der Waals surface area contributed by atoms with E-state index in [0.717, 1.165) is 48.3 Å². The number of urea groups is 1. The number of hydrogen-bond donors (Lipinski definition) is 4. The molecule has 0 saturated heterocycles. The van der Waals surface area contributed by atoms with Crippen molar-refractivity contribution in [3.05, 3.63) is 45.8 Å². The number of aliphatic hydroxyl groups is 1. The largest absolute Gasteiger partial charge is 0.386 e. The van der Waals surface area contributed by atoms with Crippen molar-refractivity contribution in [2.24, 2.45) is 5.92 Å². The molecule has 2 aliphatic rings. The molecule has 162 valence electrons. The average Bonchev–Trinajstić information content (AvgIpc) is 3.28.